The highest BCUT2D eigenvalue weighted by Gasteiger charge is 2.32. The van der Waals surface area contributed by atoms with Gasteiger partial charge in [0.1, 0.15) is 28.4 Å². The zero-order valence-corrected chi connectivity index (χ0v) is 33.2. The number of ketones is 2. The smallest absolute Gasteiger partial charge is 0.163 e. The van der Waals surface area contributed by atoms with E-state index in [1.54, 1.807) is 11.3 Å². The maximum absolute atomic E-state index is 13.3. The largest absolute Gasteiger partial charge is 0.379 e. The molecule has 4 heterocycles. The molecule has 286 valence electrons. The summed E-state index contributed by atoms with van der Waals surface area (Å²) >= 11 is 7.92. The number of Topliss-reactive ketones (excluding diaryl/α,β-unsaturated/α-hetero) is 2. The minimum atomic E-state index is -0.465. The van der Waals surface area contributed by atoms with E-state index in [0.717, 1.165) is 74.0 Å². The molecule has 0 unspecified atom stereocenters. The molecule has 5 aromatic rings. The van der Waals surface area contributed by atoms with E-state index in [0.29, 0.717) is 76.2 Å². The minimum Gasteiger partial charge on any atom is -0.379 e. The van der Waals surface area contributed by atoms with Crippen molar-refractivity contribution in [2.75, 3.05) is 39.6 Å². The number of fused-ring (bicyclic) bond motifs is 4. The lowest BCUT2D eigenvalue weighted by Crippen LogP contribution is -2.13. The molecule has 0 radical (unpaired) electrons. The van der Waals surface area contributed by atoms with Crippen LogP contribution in [0.1, 0.15) is 81.8 Å². The summed E-state index contributed by atoms with van der Waals surface area (Å²) in [6.45, 7) is 9.19. The van der Waals surface area contributed by atoms with Gasteiger partial charge in [0, 0.05) is 71.8 Å². The number of rotatable bonds is 18. The lowest BCUT2D eigenvalue weighted by atomic mass is 9.99. The number of carbonyl (C=O) groups is 2. The molecule has 55 heavy (non-hydrogen) atoms. The average Bonchev–Trinajstić information content (AvgIpc) is 3.81. The van der Waals surface area contributed by atoms with Crippen molar-refractivity contribution in [3.05, 3.63) is 116 Å². The number of halogens is 1. The first-order valence-corrected chi connectivity index (χ1v) is 20.1. The second-order valence-electron chi connectivity index (χ2n) is 14.1. The molecule has 0 spiro atoms. The normalized spacial score (nSPS) is 14.7. The Balaban J connectivity index is 0.790. The van der Waals surface area contributed by atoms with Gasteiger partial charge in [-0.25, -0.2) is 0 Å². The van der Waals surface area contributed by atoms with Crippen molar-refractivity contribution in [3.63, 3.8) is 0 Å². The first-order valence-electron chi connectivity index (χ1n) is 18.9. The fourth-order valence-corrected chi connectivity index (χ4v) is 8.48. The third kappa shape index (κ3) is 9.36. The standard InChI is InChI=1S/C43H46ClN5O5S/c1-27-28(2)55-43-40(27)41(30-10-12-35(44)13-11-30)46-39(42-48-47-29(3)49(42)43)26-37(50)7-5-17-53-19-21-54-20-18-52-16-4-6-36-23-33(14-15-45-36)31-8-9-32-24-38(51)25-34(32)22-31/h8-15,22-23,39H,4-7,16-21,24-26H2,1-3H3/t39-/m0/s1. The second-order valence-corrected chi connectivity index (χ2v) is 15.7. The number of aliphatic imine (C=N–C) groups is 1. The van der Waals surface area contributed by atoms with Crippen LogP contribution in [0.4, 0.5) is 0 Å². The molecule has 0 bridgehead atoms. The van der Waals surface area contributed by atoms with Gasteiger partial charge in [-0.15, -0.1) is 21.5 Å². The summed E-state index contributed by atoms with van der Waals surface area (Å²) in [4.78, 5) is 36.0. The molecule has 1 aliphatic carbocycles. The van der Waals surface area contributed by atoms with Gasteiger partial charge in [-0.2, -0.15) is 0 Å². The summed E-state index contributed by atoms with van der Waals surface area (Å²) < 4.78 is 19.3. The van der Waals surface area contributed by atoms with Gasteiger partial charge in [-0.05, 0) is 92.1 Å². The Hall–Kier alpha value is -4.39. The molecule has 3 aromatic heterocycles. The molecule has 2 aromatic carbocycles. The zero-order valence-electron chi connectivity index (χ0n) is 31.6. The third-order valence-corrected chi connectivity index (χ3v) is 11.6. The molecule has 0 N–H and O–H groups in total. The topological polar surface area (TPSA) is 118 Å². The number of pyridine rings is 1. The van der Waals surface area contributed by atoms with E-state index in [4.69, 9.17) is 30.8 Å². The van der Waals surface area contributed by atoms with Gasteiger partial charge in [0.05, 0.1) is 32.1 Å². The van der Waals surface area contributed by atoms with E-state index in [9.17, 15) is 9.59 Å². The second kappa shape index (κ2) is 18.0. The number of benzene rings is 2. The number of aromatic nitrogens is 4. The van der Waals surface area contributed by atoms with E-state index >= 15 is 0 Å². The predicted octanol–water partition coefficient (Wildman–Crippen LogP) is 7.95. The van der Waals surface area contributed by atoms with Crippen LogP contribution in [0.5, 0.6) is 0 Å². The molecule has 10 nitrogen and oxygen atoms in total. The van der Waals surface area contributed by atoms with Gasteiger partial charge in [-0.1, -0.05) is 41.9 Å². The van der Waals surface area contributed by atoms with Gasteiger partial charge in [0.2, 0.25) is 0 Å². The molecule has 0 amide bonds. The highest BCUT2D eigenvalue weighted by molar-refractivity contribution is 7.15. The van der Waals surface area contributed by atoms with Gasteiger partial charge in [0.25, 0.3) is 0 Å². The number of carbonyl (C=O) groups excluding carboxylic acids is 2. The summed E-state index contributed by atoms with van der Waals surface area (Å²) in [7, 11) is 0. The minimum absolute atomic E-state index is 0.104. The number of hydrogen-bond acceptors (Lipinski definition) is 10. The summed E-state index contributed by atoms with van der Waals surface area (Å²) in [5.74, 6) is 1.85. The Bertz CT molecular complexity index is 2190. The van der Waals surface area contributed by atoms with E-state index in [-0.39, 0.29) is 18.0 Å². The van der Waals surface area contributed by atoms with E-state index in [1.165, 1.54) is 4.88 Å². The van der Waals surface area contributed by atoms with Crippen LogP contribution in [0.25, 0.3) is 16.1 Å². The van der Waals surface area contributed by atoms with Crippen LogP contribution in [0, 0.1) is 20.8 Å². The Morgan fingerprint density at radius 2 is 1.53 bits per heavy atom. The van der Waals surface area contributed by atoms with E-state index in [2.05, 4.69) is 57.9 Å². The summed E-state index contributed by atoms with van der Waals surface area (Å²) in [6.07, 6.45) is 5.86. The van der Waals surface area contributed by atoms with Crippen molar-refractivity contribution >= 4 is 40.2 Å². The van der Waals surface area contributed by atoms with Gasteiger partial charge < -0.3 is 14.2 Å². The number of thiophene rings is 1. The van der Waals surface area contributed by atoms with Gasteiger partial charge in [-0.3, -0.25) is 24.1 Å². The Labute approximate surface area is 330 Å². The average molecular weight is 780 g/mol. The van der Waals surface area contributed by atoms with Crippen molar-refractivity contribution in [3.8, 4) is 16.1 Å². The fourth-order valence-electron chi connectivity index (χ4n) is 7.14. The van der Waals surface area contributed by atoms with Crippen molar-refractivity contribution in [1.29, 1.82) is 0 Å². The molecule has 1 aliphatic heterocycles. The quantitative estimate of drug-likeness (QED) is 0.0823. The van der Waals surface area contributed by atoms with Crippen molar-refractivity contribution in [1.82, 2.24) is 19.7 Å². The van der Waals surface area contributed by atoms with E-state index in [1.807, 2.05) is 43.5 Å². The maximum atomic E-state index is 13.3. The highest BCUT2D eigenvalue weighted by atomic mass is 35.5. The molecular formula is C43H46ClN5O5S. The number of aryl methyl sites for hydroxylation is 3. The lowest BCUT2D eigenvalue weighted by Gasteiger charge is -2.12. The van der Waals surface area contributed by atoms with Gasteiger partial charge in [0.15, 0.2) is 5.82 Å². The van der Waals surface area contributed by atoms with E-state index < -0.39 is 6.04 Å². The first kappa shape index (κ1) is 38.9. The first-order chi connectivity index (χ1) is 26.7. The highest BCUT2D eigenvalue weighted by Crippen LogP contribution is 2.40. The van der Waals surface area contributed by atoms with Crippen molar-refractivity contribution in [2.45, 2.75) is 71.8 Å². The summed E-state index contributed by atoms with van der Waals surface area (Å²) in [5.41, 5.74) is 9.56. The van der Waals surface area contributed by atoms with Crippen LogP contribution >= 0.6 is 22.9 Å². The van der Waals surface area contributed by atoms with Gasteiger partial charge >= 0.3 is 0 Å². The van der Waals surface area contributed by atoms with Crippen LogP contribution in [0.3, 0.4) is 0 Å². The molecule has 0 fully saturated rings. The molecule has 12 heteroatoms. The van der Waals surface area contributed by atoms with Crippen LogP contribution in [-0.4, -0.2) is 76.7 Å². The molecule has 7 rings (SSSR count). The zero-order chi connectivity index (χ0) is 38.3. The molecule has 0 saturated carbocycles. The van der Waals surface area contributed by atoms with Crippen LogP contribution in [0.2, 0.25) is 5.02 Å². The molecule has 2 aliphatic rings. The Morgan fingerprint density at radius 1 is 0.836 bits per heavy atom. The number of nitrogens with zero attached hydrogens (tertiary/aromatic N) is 5. The van der Waals surface area contributed by atoms with Crippen LogP contribution in [0.15, 0.2) is 65.8 Å². The summed E-state index contributed by atoms with van der Waals surface area (Å²) in [5, 5.41) is 10.6. The molecule has 1 atom stereocenters. The predicted molar refractivity (Wildman–Crippen MR) is 215 cm³/mol. The van der Waals surface area contributed by atoms with Crippen molar-refractivity contribution < 1.29 is 23.8 Å². The SMILES string of the molecule is Cc1sc2c(c1C)C(c1ccc(Cl)cc1)=N[C@@H](CC(=O)CCCOCCOCCOCCCc1cc(-c3ccc4c(c3)CC(=O)C4)ccn1)c1nnc(C)n1-2. The molecule has 0 saturated heterocycles. The van der Waals surface area contributed by atoms with Crippen molar-refractivity contribution in [2.24, 2.45) is 4.99 Å². The monoisotopic (exact) mass is 779 g/mol. The summed E-state index contributed by atoms with van der Waals surface area (Å²) in [6, 6.07) is 17.7. The number of hydrogen-bond donors (Lipinski definition) is 0. The molecular weight excluding hydrogens is 734 g/mol. The van der Waals surface area contributed by atoms with Crippen LogP contribution < -0.4 is 0 Å². The maximum Gasteiger partial charge on any atom is 0.163 e. The Morgan fingerprint density at radius 3 is 2.31 bits per heavy atom. The third-order valence-electron chi connectivity index (χ3n) is 10.1. The fraction of sp³-hybridized carbons (Fsp3) is 0.395. The number of ether oxygens (including phenoxy) is 3. The lowest BCUT2D eigenvalue weighted by molar-refractivity contribution is -0.120. The Kier molecular flexibility index (Phi) is 12.7. The van der Waals surface area contributed by atoms with Crippen LogP contribution in [-0.2, 0) is 43.1 Å².